The van der Waals surface area contributed by atoms with Crippen molar-refractivity contribution in [3.05, 3.63) is 29.8 Å². The van der Waals surface area contributed by atoms with Crippen LogP contribution in [0.1, 0.15) is 38.7 Å². The minimum absolute atomic E-state index is 0.0685. The standard InChI is InChI=1S/C21H28O8/c1-5-27-19(23)17-15(22)12-21(25,29-7-3)18(20(24)28-6-2)16(17)13-8-10-14(26-4)11-9-13/h8-11,16-18,25H,5-7,12H2,1-4H3. The van der Waals surface area contributed by atoms with Gasteiger partial charge in [-0.2, -0.15) is 0 Å². The molecule has 1 aromatic carbocycles. The van der Waals surface area contributed by atoms with Gasteiger partial charge in [0.25, 0.3) is 0 Å². The van der Waals surface area contributed by atoms with E-state index in [9.17, 15) is 19.5 Å². The SMILES string of the molecule is CCOC(=O)C1C(=O)CC(O)(OCC)C(C(=O)OCC)C1c1ccc(OC)cc1. The van der Waals surface area contributed by atoms with E-state index in [1.807, 2.05) is 0 Å². The third-order valence-electron chi connectivity index (χ3n) is 4.95. The maximum Gasteiger partial charge on any atom is 0.317 e. The molecule has 0 saturated heterocycles. The number of ether oxygens (including phenoxy) is 4. The zero-order valence-corrected chi connectivity index (χ0v) is 17.2. The second-order valence-corrected chi connectivity index (χ2v) is 6.68. The summed E-state index contributed by atoms with van der Waals surface area (Å²) in [7, 11) is 1.51. The molecule has 1 aliphatic carbocycles. The number of methoxy groups -OCH3 is 1. The Morgan fingerprint density at radius 1 is 1.03 bits per heavy atom. The second kappa shape index (κ2) is 9.84. The van der Waals surface area contributed by atoms with Crippen LogP contribution in [0.2, 0.25) is 0 Å². The second-order valence-electron chi connectivity index (χ2n) is 6.68. The lowest BCUT2D eigenvalue weighted by Crippen LogP contribution is -2.58. The summed E-state index contributed by atoms with van der Waals surface area (Å²) in [6.45, 7) is 5.13. The lowest BCUT2D eigenvalue weighted by molar-refractivity contribution is -0.254. The summed E-state index contributed by atoms with van der Waals surface area (Å²) in [4.78, 5) is 38.5. The van der Waals surface area contributed by atoms with Gasteiger partial charge < -0.3 is 24.1 Å². The molecule has 1 aliphatic rings. The molecule has 29 heavy (non-hydrogen) atoms. The third kappa shape index (κ3) is 4.76. The first-order chi connectivity index (χ1) is 13.8. The van der Waals surface area contributed by atoms with Gasteiger partial charge in [-0.15, -0.1) is 0 Å². The number of carbonyl (C=O) groups excluding carboxylic acids is 3. The van der Waals surface area contributed by atoms with E-state index >= 15 is 0 Å². The minimum Gasteiger partial charge on any atom is -0.497 e. The fourth-order valence-electron chi connectivity index (χ4n) is 3.82. The molecule has 0 bridgehead atoms. The molecule has 1 fully saturated rings. The number of rotatable bonds is 8. The van der Waals surface area contributed by atoms with Gasteiger partial charge in [-0.1, -0.05) is 12.1 Å². The Morgan fingerprint density at radius 3 is 2.14 bits per heavy atom. The quantitative estimate of drug-likeness (QED) is 0.394. The molecule has 0 spiro atoms. The molecule has 0 aliphatic heterocycles. The molecular formula is C21H28O8. The maximum atomic E-state index is 12.9. The highest BCUT2D eigenvalue weighted by Gasteiger charge is 2.60. The van der Waals surface area contributed by atoms with Crippen LogP contribution >= 0.6 is 0 Å². The molecule has 8 nitrogen and oxygen atoms in total. The summed E-state index contributed by atoms with van der Waals surface area (Å²) in [6.07, 6.45) is -0.513. The monoisotopic (exact) mass is 408 g/mol. The Morgan fingerprint density at radius 2 is 1.62 bits per heavy atom. The Kier molecular flexibility index (Phi) is 7.75. The molecule has 0 radical (unpaired) electrons. The van der Waals surface area contributed by atoms with Crippen LogP contribution in [0.15, 0.2) is 24.3 Å². The lowest BCUT2D eigenvalue weighted by atomic mass is 9.65. The van der Waals surface area contributed by atoms with Crippen molar-refractivity contribution in [3.63, 3.8) is 0 Å². The fourth-order valence-corrected chi connectivity index (χ4v) is 3.82. The Balaban J connectivity index is 2.64. The van der Waals surface area contributed by atoms with E-state index in [2.05, 4.69) is 0 Å². The number of benzene rings is 1. The highest BCUT2D eigenvalue weighted by molar-refractivity contribution is 6.02. The molecule has 1 aromatic rings. The number of carbonyl (C=O) groups is 3. The number of Topliss-reactive ketones (excluding diaryl/α,β-unsaturated/α-hetero) is 1. The first-order valence-corrected chi connectivity index (χ1v) is 9.69. The van der Waals surface area contributed by atoms with Gasteiger partial charge >= 0.3 is 11.9 Å². The molecule has 8 heteroatoms. The average molecular weight is 408 g/mol. The molecule has 1 saturated carbocycles. The summed E-state index contributed by atoms with van der Waals surface area (Å²) in [6, 6.07) is 6.59. The van der Waals surface area contributed by atoms with Crippen molar-refractivity contribution in [1.82, 2.24) is 0 Å². The molecule has 0 amide bonds. The van der Waals surface area contributed by atoms with Gasteiger partial charge in [0, 0.05) is 12.5 Å². The van der Waals surface area contributed by atoms with Crippen molar-refractivity contribution < 1.29 is 38.4 Å². The highest BCUT2D eigenvalue weighted by Crippen LogP contribution is 2.47. The molecule has 4 atom stereocenters. The van der Waals surface area contributed by atoms with E-state index in [-0.39, 0.29) is 19.8 Å². The predicted octanol–water partition coefficient (Wildman–Crippen LogP) is 1.84. The highest BCUT2D eigenvalue weighted by atomic mass is 16.6. The number of hydrogen-bond acceptors (Lipinski definition) is 8. The van der Waals surface area contributed by atoms with Crippen LogP contribution in [0.5, 0.6) is 5.75 Å². The summed E-state index contributed by atoms with van der Waals surface area (Å²) in [5.74, 6) is -7.14. The van der Waals surface area contributed by atoms with Gasteiger partial charge in [0.1, 0.15) is 17.6 Å². The van der Waals surface area contributed by atoms with E-state index in [4.69, 9.17) is 18.9 Å². The molecule has 0 heterocycles. The van der Waals surface area contributed by atoms with Crippen molar-refractivity contribution >= 4 is 17.7 Å². The van der Waals surface area contributed by atoms with E-state index in [0.29, 0.717) is 11.3 Å². The zero-order chi connectivity index (χ0) is 21.6. The van der Waals surface area contributed by atoms with Crippen molar-refractivity contribution in [1.29, 1.82) is 0 Å². The third-order valence-corrected chi connectivity index (χ3v) is 4.95. The van der Waals surface area contributed by atoms with E-state index in [1.165, 1.54) is 7.11 Å². The van der Waals surface area contributed by atoms with Crippen LogP contribution < -0.4 is 4.74 Å². The number of aliphatic hydroxyl groups is 1. The molecule has 160 valence electrons. The van der Waals surface area contributed by atoms with Crippen LogP contribution in [0.4, 0.5) is 0 Å². The maximum absolute atomic E-state index is 12.9. The fraction of sp³-hybridized carbons (Fsp3) is 0.571. The van der Waals surface area contributed by atoms with Crippen LogP contribution in [-0.2, 0) is 28.6 Å². The van der Waals surface area contributed by atoms with E-state index in [1.54, 1.807) is 45.0 Å². The largest absolute Gasteiger partial charge is 0.497 e. The van der Waals surface area contributed by atoms with Crippen molar-refractivity contribution in [2.45, 2.75) is 38.9 Å². The van der Waals surface area contributed by atoms with Gasteiger partial charge in [0.15, 0.2) is 11.6 Å². The normalized spacial score (nSPS) is 26.7. The van der Waals surface area contributed by atoms with Crippen molar-refractivity contribution in [2.75, 3.05) is 26.9 Å². The average Bonchev–Trinajstić information content (AvgIpc) is 2.67. The predicted molar refractivity (Wildman–Crippen MR) is 102 cm³/mol. The molecule has 4 unspecified atom stereocenters. The first-order valence-electron chi connectivity index (χ1n) is 9.69. The summed E-state index contributed by atoms with van der Waals surface area (Å²) >= 11 is 0. The van der Waals surface area contributed by atoms with E-state index in [0.717, 1.165) is 0 Å². The Bertz CT molecular complexity index is 729. The van der Waals surface area contributed by atoms with Crippen LogP contribution in [0, 0.1) is 11.8 Å². The van der Waals surface area contributed by atoms with Crippen LogP contribution in [-0.4, -0.2) is 55.5 Å². The summed E-state index contributed by atoms with van der Waals surface area (Å²) in [5, 5.41) is 11.1. The summed E-state index contributed by atoms with van der Waals surface area (Å²) in [5.41, 5.74) is 0.494. The number of esters is 2. The smallest absolute Gasteiger partial charge is 0.317 e. The van der Waals surface area contributed by atoms with E-state index < -0.39 is 47.7 Å². The summed E-state index contributed by atoms with van der Waals surface area (Å²) < 4.78 is 20.9. The topological polar surface area (TPSA) is 108 Å². The van der Waals surface area contributed by atoms with Gasteiger partial charge in [0.05, 0.1) is 26.7 Å². The Hall–Kier alpha value is -2.45. The van der Waals surface area contributed by atoms with Gasteiger partial charge in [-0.05, 0) is 38.5 Å². The van der Waals surface area contributed by atoms with Crippen molar-refractivity contribution in [3.8, 4) is 5.75 Å². The molecular weight excluding hydrogens is 380 g/mol. The van der Waals surface area contributed by atoms with Gasteiger partial charge in [-0.25, -0.2) is 0 Å². The molecule has 0 aromatic heterocycles. The first kappa shape index (κ1) is 22.8. The molecule has 2 rings (SSSR count). The van der Waals surface area contributed by atoms with Crippen LogP contribution in [0.25, 0.3) is 0 Å². The zero-order valence-electron chi connectivity index (χ0n) is 17.2. The lowest BCUT2D eigenvalue weighted by Gasteiger charge is -2.44. The number of ketones is 1. The minimum atomic E-state index is -2.09. The van der Waals surface area contributed by atoms with Gasteiger partial charge in [0.2, 0.25) is 0 Å². The van der Waals surface area contributed by atoms with Crippen LogP contribution in [0.3, 0.4) is 0 Å². The van der Waals surface area contributed by atoms with Gasteiger partial charge in [-0.3, -0.25) is 14.4 Å². The van der Waals surface area contributed by atoms with Crippen molar-refractivity contribution in [2.24, 2.45) is 11.8 Å². The Labute approximate surface area is 170 Å². The molecule has 1 N–H and O–H groups in total. The number of hydrogen-bond donors (Lipinski definition) is 1.